The van der Waals surface area contributed by atoms with E-state index in [-0.39, 0.29) is 12.3 Å². The number of carboxylic acids is 1. The number of hydrogen-bond donors (Lipinski definition) is 3. The van der Waals surface area contributed by atoms with Crippen LogP contribution < -0.4 is 5.32 Å². The van der Waals surface area contributed by atoms with E-state index in [1.165, 1.54) is 0 Å². The van der Waals surface area contributed by atoms with Crippen LogP contribution >= 0.6 is 11.6 Å². The Labute approximate surface area is 150 Å². The molecule has 0 saturated heterocycles. The lowest BCUT2D eigenvalue weighted by molar-refractivity contribution is -0.137. The number of carboxylic acid groups (broad SMARTS) is 1. The summed E-state index contributed by atoms with van der Waals surface area (Å²) in [6.07, 6.45) is 2.35. The molecule has 0 spiro atoms. The molecular formula is C19H19ClN2O3. The van der Waals surface area contributed by atoms with Gasteiger partial charge >= 0.3 is 5.97 Å². The van der Waals surface area contributed by atoms with Crippen LogP contribution in [0.25, 0.3) is 11.6 Å². The van der Waals surface area contributed by atoms with E-state index in [1.54, 1.807) is 12.1 Å². The van der Waals surface area contributed by atoms with Gasteiger partial charge in [-0.15, -0.1) is 0 Å². The van der Waals surface area contributed by atoms with Crippen LogP contribution in [0.15, 0.2) is 12.1 Å². The summed E-state index contributed by atoms with van der Waals surface area (Å²) in [4.78, 5) is 26.5. The van der Waals surface area contributed by atoms with Crippen molar-refractivity contribution in [1.82, 2.24) is 4.98 Å². The zero-order chi connectivity index (χ0) is 18.3. The van der Waals surface area contributed by atoms with Gasteiger partial charge in [0, 0.05) is 34.1 Å². The molecule has 3 N–H and O–H groups in total. The fraction of sp³-hybridized carbons (Fsp3) is 0.263. The van der Waals surface area contributed by atoms with E-state index in [0.717, 1.165) is 39.3 Å². The van der Waals surface area contributed by atoms with Gasteiger partial charge in [0.2, 0.25) is 0 Å². The monoisotopic (exact) mass is 358 g/mol. The zero-order valence-corrected chi connectivity index (χ0v) is 15.0. The number of aromatic amines is 1. The number of anilines is 1. The Hall–Kier alpha value is -2.53. The van der Waals surface area contributed by atoms with Gasteiger partial charge in [0.05, 0.1) is 5.57 Å². The predicted molar refractivity (Wildman–Crippen MR) is 98.9 cm³/mol. The summed E-state index contributed by atoms with van der Waals surface area (Å²) in [5, 5.41) is 12.4. The summed E-state index contributed by atoms with van der Waals surface area (Å²) in [5.74, 6) is -0.992. The fourth-order valence-corrected chi connectivity index (χ4v) is 3.45. The number of nitrogens with one attached hydrogen (secondary N) is 2. The second-order valence-corrected chi connectivity index (χ2v) is 6.68. The molecule has 130 valence electrons. The van der Waals surface area contributed by atoms with Crippen molar-refractivity contribution < 1.29 is 14.7 Å². The highest BCUT2D eigenvalue weighted by Crippen LogP contribution is 2.38. The Morgan fingerprint density at radius 2 is 1.96 bits per heavy atom. The SMILES string of the molecule is Cc1[nH]c(C=C2C(=O)Nc3ccc(Cl)c(C)c32)c(C)c1CCC(=O)O. The average molecular weight is 359 g/mol. The quantitative estimate of drug-likeness (QED) is 0.719. The smallest absolute Gasteiger partial charge is 0.303 e. The van der Waals surface area contributed by atoms with Crippen molar-refractivity contribution in [1.29, 1.82) is 0 Å². The molecule has 1 amide bonds. The van der Waals surface area contributed by atoms with Crippen LogP contribution in [0.3, 0.4) is 0 Å². The molecule has 25 heavy (non-hydrogen) atoms. The third kappa shape index (κ3) is 3.07. The van der Waals surface area contributed by atoms with Gasteiger partial charge in [-0.3, -0.25) is 9.59 Å². The second kappa shape index (κ2) is 6.41. The molecule has 0 fully saturated rings. The Bertz CT molecular complexity index is 925. The van der Waals surface area contributed by atoms with Crippen molar-refractivity contribution in [3.8, 4) is 0 Å². The number of carbonyl (C=O) groups is 2. The molecule has 0 saturated carbocycles. The molecule has 5 nitrogen and oxygen atoms in total. The van der Waals surface area contributed by atoms with Crippen molar-refractivity contribution >= 4 is 40.8 Å². The summed E-state index contributed by atoms with van der Waals surface area (Å²) in [7, 11) is 0. The number of amides is 1. The molecule has 0 radical (unpaired) electrons. The van der Waals surface area contributed by atoms with Gasteiger partial charge < -0.3 is 15.4 Å². The first-order valence-electron chi connectivity index (χ1n) is 8.02. The van der Waals surface area contributed by atoms with Crippen molar-refractivity contribution in [2.75, 3.05) is 5.32 Å². The standard InChI is InChI=1S/C19H19ClN2O3/c1-9-12(4-7-17(23)24)11(3)21-16(9)8-13-18-10(2)14(20)5-6-15(18)22-19(13)25/h5-6,8,21H,4,7H2,1-3H3,(H,22,25)(H,23,24). The summed E-state index contributed by atoms with van der Waals surface area (Å²) in [6.45, 7) is 5.74. The van der Waals surface area contributed by atoms with Gasteiger partial charge in [0.15, 0.2) is 0 Å². The van der Waals surface area contributed by atoms with Crippen LogP contribution in [0, 0.1) is 20.8 Å². The maximum absolute atomic E-state index is 12.4. The number of aliphatic carboxylic acids is 1. The minimum atomic E-state index is -0.825. The first kappa shape index (κ1) is 17.3. The van der Waals surface area contributed by atoms with E-state index < -0.39 is 5.97 Å². The van der Waals surface area contributed by atoms with Crippen LogP contribution in [-0.4, -0.2) is 22.0 Å². The van der Waals surface area contributed by atoms with Gasteiger partial charge in [-0.25, -0.2) is 0 Å². The molecule has 1 aliphatic heterocycles. The largest absolute Gasteiger partial charge is 0.481 e. The van der Waals surface area contributed by atoms with E-state index >= 15 is 0 Å². The number of carbonyl (C=O) groups excluding carboxylic acids is 1. The van der Waals surface area contributed by atoms with Crippen LogP contribution in [0.4, 0.5) is 5.69 Å². The molecule has 2 heterocycles. The first-order valence-corrected chi connectivity index (χ1v) is 8.39. The molecule has 2 aromatic rings. The minimum absolute atomic E-state index is 0.0770. The van der Waals surface area contributed by atoms with E-state index in [0.29, 0.717) is 17.0 Å². The van der Waals surface area contributed by atoms with Crippen LogP contribution in [-0.2, 0) is 16.0 Å². The van der Waals surface area contributed by atoms with E-state index in [9.17, 15) is 9.59 Å². The third-order valence-electron chi connectivity index (χ3n) is 4.67. The number of aryl methyl sites for hydroxylation is 1. The summed E-state index contributed by atoms with van der Waals surface area (Å²) in [6, 6.07) is 3.57. The molecule has 0 unspecified atom stereocenters. The van der Waals surface area contributed by atoms with Gasteiger partial charge in [-0.1, -0.05) is 11.6 Å². The number of hydrogen-bond acceptors (Lipinski definition) is 2. The maximum Gasteiger partial charge on any atom is 0.303 e. The highest BCUT2D eigenvalue weighted by molar-refractivity contribution is 6.37. The lowest BCUT2D eigenvalue weighted by atomic mass is 9.99. The average Bonchev–Trinajstić information content (AvgIpc) is 2.99. The van der Waals surface area contributed by atoms with Crippen molar-refractivity contribution in [2.45, 2.75) is 33.6 Å². The normalized spacial score (nSPS) is 14.7. The fourth-order valence-electron chi connectivity index (χ4n) is 3.29. The molecule has 3 rings (SSSR count). The number of halogens is 1. The van der Waals surface area contributed by atoms with Gasteiger partial charge in [0.25, 0.3) is 5.91 Å². The molecular weight excluding hydrogens is 340 g/mol. The second-order valence-electron chi connectivity index (χ2n) is 6.27. The lowest BCUT2D eigenvalue weighted by Crippen LogP contribution is -2.03. The van der Waals surface area contributed by atoms with Gasteiger partial charge in [-0.2, -0.15) is 0 Å². The third-order valence-corrected chi connectivity index (χ3v) is 5.08. The van der Waals surface area contributed by atoms with Crippen LogP contribution in [0.2, 0.25) is 5.02 Å². The number of aromatic nitrogens is 1. The van der Waals surface area contributed by atoms with Crippen molar-refractivity contribution in [3.63, 3.8) is 0 Å². The highest BCUT2D eigenvalue weighted by Gasteiger charge is 2.27. The Balaban J connectivity index is 2.06. The highest BCUT2D eigenvalue weighted by atomic mass is 35.5. The number of H-pyrrole nitrogens is 1. The summed E-state index contributed by atoms with van der Waals surface area (Å²) < 4.78 is 0. The van der Waals surface area contributed by atoms with Crippen molar-refractivity contribution in [2.24, 2.45) is 0 Å². The number of rotatable bonds is 4. The zero-order valence-electron chi connectivity index (χ0n) is 14.3. The maximum atomic E-state index is 12.4. The van der Waals surface area contributed by atoms with Gasteiger partial charge in [-0.05, 0) is 62.1 Å². The Kier molecular flexibility index (Phi) is 4.43. The topological polar surface area (TPSA) is 82.2 Å². The van der Waals surface area contributed by atoms with E-state index in [2.05, 4.69) is 10.3 Å². The molecule has 0 bridgehead atoms. The Morgan fingerprint density at radius 1 is 1.24 bits per heavy atom. The number of benzene rings is 1. The molecule has 6 heteroatoms. The molecule has 0 atom stereocenters. The van der Waals surface area contributed by atoms with Crippen LogP contribution in [0.1, 0.15) is 40.1 Å². The predicted octanol–water partition coefficient (Wildman–Crippen LogP) is 4.10. The first-order chi connectivity index (χ1) is 11.8. The minimum Gasteiger partial charge on any atom is -0.481 e. The molecule has 1 aliphatic rings. The summed E-state index contributed by atoms with van der Waals surface area (Å²) in [5.41, 5.74) is 6.67. The van der Waals surface area contributed by atoms with E-state index in [4.69, 9.17) is 16.7 Å². The summed E-state index contributed by atoms with van der Waals surface area (Å²) >= 11 is 6.21. The van der Waals surface area contributed by atoms with Crippen LogP contribution in [0.5, 0.6) is 0 Å². The van der Waals surface area contributed by atoms with Crippen molar-refractivity contribution in [3.05, 3.63) is 50.8 Å². The molecule has 1 aromatic heterocycles. The van der Waals surface area contributed by atoms with Gasteiger partial charge in [0.1, 0.15) is 0 Å². The Morgan fingerprint density at radius 3 is 2.64 bits per heavy atom. The number of fused-ring (bicyclic) bond motifs is 1. The van der Waals surface area contributed by atoms with E-state index in [1.807, 2.05) is 26.8 Å². The molecule has 1 aromatic carbocycles. The molecule has 0 aliphatic carbocycles. The lowest BCUT2D eigenvalue weighted by Gasteiger charge is -2.05.